The fraction of sp³-hybridized carbons (Fsp3) is 0.400. The molecule has 1 aliphatic heterocycles. The Morgan fingerprint density at radius 1 is 1.18 bits per heavy atom. The van der Waals surface area contributed by atoms with Crippen molar-refractivity contribution in [1.29, 1.82) is 5.26 Å². The van der Waals surface area contributed by atoms with E-state index in [-0.39, 0.29) is 18.3 Å². The van der Waals surface area contributed by atoms with Gasteiger partial charge in [-0.2, -0.15) is 5.26 Å². The number of nitrogens with zero attached hydrogens (tertiary/aromatic N) is 4. The highest BCUT2D eigenvalue weighted by molar-refractivity contribution is 5.67. The van der Waals surface area contributed by atoms with Crippen LogP contribution in [0.15, 0.2) is 61.7 Å². The smallest absolute Gasteiger partial charge is 0.149 e. The Morgan fingerprint density at radius 2 is 1.87 bits per heavy atom. The number of ether oxygens (including phenoxy) is 1. The van der Waals surface area contributed by atoms with Crippen LogP contribution in [0.5, 0.6) is 0 Å². The lowest BCUT2D eigenvalue weighted by Gasteiger charge is -2.33. The fourth-order valence-electron chi connectivity index (χ4n) is 4.61. The molecule has 0 saturated carbocycles. The second kappa shape index (κ2) is 15.0. The number of hydrogen-bond donors (Lipinski definition) is 3. The van der Waals surface area contributed by atoms with Gasteiger partial charge < -0.3 is 25.8 Å². The Balaban J connectivity index is 0.00000205. The van der Waals surface area contributed by atoms with Crippen LogP contribution >= 0.6 is 0 Å². The minimum atomic E-state index is -0.555. The molecule has 39 heavy (non-hydrogen) atoms. The van der Waals surface area contributed by atoms with Crippen LogP contribution in [0.3, 0.4) is 0 Å². The molecule has 1 saturated heterocycles. The number of nitriles is 1. The zero-order chi connectivity index (χ0) is 28.2. The van der Waals surface area contributed by atoms with Crippen molar-refractivity contribution in [3.05, 3.63) is 73.1 Å². The van der Waals surface area contributed by atoms with Gasteiger partial charge in [-0.3, -0.25) is 0 Å². The average molecular weight is 535 g/mol. The van der Waals surface area contributed by atoms with E-state index in [1.165, 1.54) is 12.1 Å². The normalized spacial score (nSPS) is 14.3. The van der Waals surface area contributed by atoms with Crippen LogP contribution in [-0.4, -0.2) is 60.4 Å². The van der Waals surface area contributed by atoms with Crippen molar-refractivity contribution < 1.29 is 14.2 Å². The summed E-state index contributed by atoms with van der Waals surface area (Å²) in [6.45, 7) is 11.7. The first-order valence-electron chi connectivity index (χ1n) is 13.3. The summed E-state index contributed by atoms with van der Waals surface area (Å²) in [6, 6.07) is 16.6. The molecule has 1 unspecified atom stereocenters. The average Bonchev–Trinajstić information content (AvgIpc) is 3.41. The first kappa shape index (κ1) is 29.8. The SMILES string of the molecule is C=C.CC(CCN)CNc1cc(-c2ccc(C#N)c(F)c2)n(-c2ccc(N3CCC(OCCO)CC3)cc2)n1. The lowest BCUT2D eigenvalue weighted by Crippen LogP contribution is -2.37. The van der Waals surface area contributed by atoms with E-state index >= 15 is 0 Å². The molecule has 0 bridgehead atoms. The minimum absolute atomic E-state index is 0.0126. The molecule has 0 spiro atoms. The predicted molar refractivity (Wildman–Crippen MR) is 155 cm³/mol. The number of aromatic nitrogens is 2. The van der Waals surface area contributed by atoms with Crippen molar-refractivity contribution in [2.75, 3.05) is 49.6 Å². The number of rotatable bonds is 11. The molecule has 0 amide bonds. The van der Waals surface area contributed by atoms with E-state index < -0.39 is 5.82 Å². The van der Waals surface area contributed by atoms with E-state index in [2.05, 4.69) is 42.4 Å². The minimum Gasteiger partial charge on any atom is -0.394 e. The highest BCUT2D eigenvalue weighted by atomic mass is 19.1. The predicted octanol–water partition coefficient (Wildman–Crippen LogP) is 4.73. The molecule has 2 heterocycles. The number of piperidine rings is 1. The van der Waals surface area contributed by atoms with Gasteiger partial charge in [0.15, 0.2) is 0 Å². The molecular weight excluding hydrogens is 495 g/mol. The third kappa shape index (κ3) is 7.90. The number of aliphatic hydroxyl groups is 1. The summed E-state index contributed by atoms with van der Waals surface area (Å²) in [7, 11) is 0. The van der Waals surface area contributed by atoms with Gasteiger partial charge >= 0.3 is 0 Å². The topological polar surface area (TPSA) is 112 Å². The van der Waals surface area contributed by atoms with Crippen LogP contribution in [0.25, 0.3) is 16.9 Å². The summed E-state index contributed by atoms with van der Waals surface area (Å²) in [5, 5.41) is 26.2. The highest BCUT2D eigenvalue weighted by Crippen LogP contribution is 2.29. The van der Waals surface area contributed by atoms with Gasteiger partial charge in [-0.25, -0.2) is 9.07 Å². The first-order chi connectivity index (χ1) is 19.0. The lowest BCUT2D eigenvalue weighted by molar-refractivity contribution is 0.0159. The van der Waals surface area contributed by atoms with Crippen LogP contribution in [0.2, 0.25) is 0 Å². The second-order valence-corrected chi connectivity index (χ2v) is 9.49. The molecule has 208 valence electrons. The van der Waals surface area contributed by atoms with E-state index in [9.17, 15) is 4.39 Å². The number of nitrogens with two attached hydrogens (primary N) is 1. The van der Waals surface area contributed by atoms with Crippen molar-refractivity contribution in [1.82, 2.24) is 9.78 Å². The third-order valence-corrected chi connectivity index (χ3v) is 6.73. The van der Waals surface area contributed by atoms with Crippen LogP contribution < -0.4 is 16.0 Å². The van der Waals surface area contributed by atoms with Gasteiger partial charge in [-0.1, -0.05) is 13.0 Å². The molecule has 9 heteroatoms. The Hall–Kier alpha value is -3.71. The number of anilines is 2. The molecule has 1 atom stereocenters. The van der Waals surface area contributed by atoms with Gasteiger partial charge in [-0.05, 0) is 68.1 Å². The lowest BCUT2D eigenvalue weighted by atomic mass is 10.1. The van der Waals surface area contributed by atoms with Gasteiger partial charge in [0.25, 0.3) is 0 Å². The summed E-state index contributed by atoms with van der Waals surface area (Å²) in [6.07, 6.45) is 2.95. The highest BCUT2D eigenvalue weighted by Gasteiger charge is 2.20. The van der Waals surface area contributed by atoms with Crippen LogP contribution in [0.4, 0.5) is 15.9 Å². The standard InChI is InChI=1S/C28H35FN6O2.C2H4/c1-20(8-11-30)19-32-28-17-27(21-2-3-22(18-31)26(29)16-21)35(33-28)24-6-4-23(5-7-24)34-12-9-25(10-13-34)37-15-14-36;1-2/h2-7,16-17,20,25,36H,8-15,19,30H2,1H3,(H,32,33);1-2H2. The van der Waals surface area contributed by atoms with E-state index in [0.29, 0.717) is 30.5 Å². The summed E-state index contributed by atoms with van der Waals surface area (Å²) >= 11 is 0. The zero-order valence-electron chi connectivity index (χ0n) is 22.7. The van der Waals surface area contributed by atoms with Gasteiger partial charge in [0.05, 0.1) is 36.3 Å². The van der Waals surface area contributed by atoms with Gasteiger partial charge in [-0.15, -0.1) is 18.3 Å². The molecule has 1 aromatic heterocycles. The second-order valence-electron chi connectivity index (χ2n) is 9.49. The number of benzene rings is 2. The van der Waals surface area contributed by atoms with Crippen LogP contribution in [-0.2, 0) is 4.74 Å². The monoisotopic (exact) mass is 534 g/mol. The van der Waals surface area contributed by atoms with Gasteiger partial charge in [0.1, 0.15) is 17.7 Å². The number of halogens is 1. The number of aliphatic hydroxyl groups excluding tert-OH is 1. The maximum Gasteiger partial charge on any atom is 0.149 e. The van der Waals surface area contributed by atoms with Crippen molar-refractivity contribution in [3.63, 3.8) is 0 Å². The largest absolute Gasteiger partial charge is 0.394 e. The summed E-state index contributed by atoms with van der Waals surface area (Å²) in [5.41, 5.74) is 9.04. The molecule has 8 nitrogen and oxygen atoms in total. The maximum atomic E-state index is 14.5. The van der Waals surface area contributed by atoms with E-state index in [0.717, 1.165) is 56.0 Å². The third-order valence-electron chi connectivity index (χ3n) is 6.73. The Morgan fingerprint density at radius 3 is 2.49 bits per heavy atom. The van der Waals surface area contributed by atoms with Crippen molar-refractivity contribution in [3.8, 4) is 23.0 Å². The van der Waals surface area contributed by atoms with E-state index in [4.69, 9.17) is 25.9 Å². The zero-order valence-corrected chi connectivity index (χ0v) is 22.7. The molecule has 2 aromatic carbocycles. The van der Waals surface area contributed by atoms with Gasteiger partial charge in [0.2, 0.25) is 0 Å². The van der Waals surface area contributed by atoms with Crippen molar-refractivity contribution in [2.24, 2.45) is 11.7 Å². The molecular formula is C30H39FN6O2. The van der Waals surface area contributed by atoms with Crippen molar-refractivity contribution in [2.45, 2.75) is 32.3 Å². The van der Waals surface area contributed by atoms with E-state index in [1.54, 1.807) is 10.7 Å². The van der Waals surface area contributed by atoms with Crippen LogP contribution in [0.1, 0.15) is 31.7 Å². The van der Waals surface area contributed by atoms with Gasteiger partial charge in [0, 0.05) is 37.0 Å². The number of hydrogen-bond acceptors (Lipinski definition) is 7. The Kier molecular flexibility index (Phi) is 11.5. The molecule has 4 N–H and O–H groups in total. The number of nitrogens with one attached hydrogen (secondary N) is 1. The quantitative estimate of drug-likeness (QED) is 0.305. The molecule has 1 aliphatic rings. The molecule has 0 aliphatic carbocycles. The molecule has 1 fully saturated rings. The van der Waals surface area contributed by atoms with E-state index in [1.807, 2.05) is 24.3 Å². The Labute approximate surface area is 230 Å². The fourth-order valence-corrected chi connectivity index (χ4v) is 4.61. The maximum absolute atomic E-state index is 14.5. The first-order valence-corrected chi connectivity index (χ1v) is 13.3. The molecule has 3 aromatic rings. The Bertz CT molecular complexity index is 1220. The molecule has 4 rings (SSSR count). The van der Waals surface area contributed by atoms with Crippen molar-refractivity contribution >= 4 is 11.5 Å². The van der Waals surface area contributed by atoms with Crippen LogP contribution in [0, 0.1) is 23.1 Å². The summed E-state index contributed by atoms with van der Waals surface area (Å²) in [5.74, 6) is 0.529. The molecule has 0 radical (unpaired) electrons. The summed E-state index contributed by atoms with van der Waals surface area (Å²) in [4.78, 5) is 2.33. The summed E-state index contributed by atoms with van der Waals surface area (Å²) < 4.78 is 21.9.